The molecule has 2 aromatic rings. The molecule has 1 aliphatic rings. The van der Waals surface area contributed by atoms with Crippen molar-refractivity contribution in [1.82, 2.24) is 9.38 Å². The fourth-order valence-electron chi connectivity index (χ4n) is 2.23. The molecule has 3 rings (SSSR count). The van der Waals surface area contributed by atoms with Gasteiger partial charge in [0.2, 0.25) is 0 Å². The predicted octanol–water partition coefficient (Wildman–Crippen LogP) is 1.29. The SMILES string of the molecule is O=c1cc(N2CCCC2)n2ccccc2n1. The zero-order chi connectivity index (χ0) is 11.0. The highest BCUT2D eigenvalue weighted by Gasteiger charge is 2.15. The van der Waals surface area contributed by atoms with Gasteiger partial charge in [-0.05, 0) is 25.0 Å². The van der Waals surface area contributed by atoms with Gasteiger partial charge in [-0.1, -0.05) is 6.07 Å². The van der Waals surface area contributed by atoms with Crippen LogP contribution in [0.15, 0.2) is 35.3 Å². The smallest absolute Gasteiger partial charge is 0.275 e. The van der Waals surface area contributed by atoms with Crippen molar-refractivity contribution in [2.24, 2.45) is 0 Å². The molecule has 0 atom stereocenters. The Kier molecular flexibility index (Phi) is 2.13. The fraction of sp³-hybridized carbons (Fsp3) is 0.333. The Bertz CT molecular complexity index is 570. The molecule has 1 saturated heterocycles. The Labute approximate surface area is 93.2 Å². The summed E-state index contributed by atoms with van der Waals surface area (Å²) < 4.78 is 1.98. The quantitative estimate of drug-likeness (QED) is 0.719. The van der Waals surface area contributed by atoms with E-state index in [0.29, 0.717) is 0 Å². The number of pyridine rings is 1. The van der Waals surface area contributed by atoms with E-state index in [1.54, 1.807) is 6.07 Å². The van der Waals surface area contributed by atoms with E-state index >= 15 is 0 Å². The van der Waals surface area contributed by atoms with Gasteiger partial charge >= 0.3 is 0 Å². The molecule has 0 unspecified atom stereocenters. The van der Waals surface area contributed by atoms with Crippen molar-refractivity contribution in [3.8, 4) is 0 Å². The molecular formula is C12H13N3O. The molecule has 2 aromatic heterocycles. The van der Waals surface area contributed by atoms with Gasteiger partial charge < -0.3 is 4.90 Å². The van der Waals surface area contributed by atoms with Crippen LogP contribution >= 0.6 is 0 Å². The fourth-order valence-corrected chi connectivity index (χ4v) is 2.23. The average Bonchev–Trinajstić information content (AvgIpc) is 2.81. The third-order valence-corrected chi connectivity index (χ3v) is 2.99. The number of anilines is 1. The van der Waals surface area contributed by atoms with E-state index in [9.17, 15) is 4.79 Å². The first-order valence-electron chi connectivity index (χ1n) is 5.58. The van der Waals surface area contributed by atoms with Gasteiger partial charge in [0, 0.05) is 25.4 Å². The van der Waals surface area contributed by atoms with Gasteiger partial charge in [0.25, 0.3) is 5.56 Å². The summed E-state index contributed by atoms with van der Waals surface area (Å²) in [7, 11) is 0. The third kappa shape index (κ3) is 1.46. The minimum absolute atomic E-state index is 0.159. The Morgan fingerprint density at radius 1 is 1.19 bits per heavy atom. The van der Waals surface area contributed by atoms with Gasteiger partial charge in [-0.15, -0.1) is 0 Å². The van der Waals surface area contributed by atoms with Crippen LogP contribution in [0.5, 0.6) is 0 Å². The van der Waals surface area contributed by atoms with Crippen LogP contribution < -0.4 is 10.5 Å². The van der Waals surface area contributed by atoms with E-state index in [2.05, 4.69) is 9.88 Å². The maximum Gasteiger partial charge on any atom is 0.275 e. The number of hydrogen-bond acceptors (Lipinski definition) is 3. The van der Waals surface area contributed by atoms with E-state index < -0.39 is 0 Å². The van der Waals surface area contributed by atoms with Crippen LogP contribution in [0.4, 0.5) is 5.82 Å². The average molecular weight is 215 g/mol. The molecule has 0 saturated carbocycles. The highest BCUT2D eigenvalue weighted by molar-refractivity contribution is 5.50. The van der Waals surface area contributed by atoms with Gasteiger partial charge in [-0.3, -0.25) is 9.20 Å². The van der Waals surface area contributed by atoms with E-state index in [1.807, 2.05) is 28.8 Å². The van der Waals surface area contributed by atoms with Crippen LogP contribution in [0.2, 0.25) is 0 Å². The number of fused-ring (bicyclic) bond motifs is 1. The summed E-state index contributed by atoms with van der Waals surface area (Å²) in [5, 5.41) is 0. The molecule has 0 aromatic carbocycles. The molecule has 0 amide bonds. The lowest BCUT2D eigenvalue weighted by molar-refractivity contribution is 0.901. The number of aromatic nitrogens is 2. The largest absolute Gasteiger partial charge is 0.358 e. The highest BCUT2D eigenvalue weighted by atomic mass is 16.1. The lowest BCUT2D eigenvalue weighted by atomic mass is 10.4. The van der Waals surface area contributed by atoms with E-state index in [0.717, 1.165) is 24.6 Å². The topological polar surface area (TPSA) is 37.6 Å². The van der Waals surface area contributed by atoms with Crippen molar-refractivity contribution in [2.45, 2.75) is 12.8 Å². The monoisotopic (exact) mass is 215 g/mol. The van der Waals surface area contributed by atoms with Crippen molar-refractivity contribution in [1.29, 1.82) is 0 Å². The summed E-state index contributed by atoms with van der Waals surface area (Å²) in [6.07, 6.45) is 4.35. The molecule has 0 N–H and O–H groups in total. The molecule has 1 fully saturated rings. The molecule has 82 valence electrons. The molecule has 0 bridgehead atoms. The van der Waals surface area contributed by atoms with Crippen LogP contribution in [-0.2, 0) is 0 Å². The van der Waals surface area contributed by atoms with Gasteiger partial charge in [-0.25, -0.2) is 0 Å². The van der Waals surface area contributed by atoms with Crippen LogP contribution in [0, 0.1) is 0 Å². The second kappa shape index (κ2) is 3.63. The summed E-state index contributed by atoms with van der Waals surface area (Å²) in [5.41, 5.74) is 0.560. The van der Waals surface area contributed by atoms with E-state index in [4.69, 9.17) is 0 Å². The molecule has 0 spiro atoms. The molecule has 4 nitrogen and oxygen atoms in total. The van der Waals surface area contributed by atoms with Crippen molar-refractivity contribution in [2.75, 3.05) is 18.0 Å². The van der Waals surface area contributed by atoms with Crippen LogP contribution in [0.25, 0.3) is 5.65 Å². The first-order chi connectivity index (χ1) is 7.84. The molecule has 0 radical (unpaired) electrons. The summed E-state index contributed by atoms with van der Waals surface area (Å²) in [5.74, 6) is 0.966. The Hall–Kier alpha value is -1.84. The number of nitrogens with zero attached hydrogens (tertiary/aromatic N) is 3. The van der Waals surface area contributed by atoms with Crippen molar-refractivity contribution in [3.05, 3.63) is 40.8 Å². The first kappa shape index (κ1) is 9.39. The molecule has 3 heterocycles. The molecule has 0 aliphatic carbocycles. The highest BCUT2D eigenvalue weighted by Crippen LogP contribution is 2.18. The van der Waals surface area contributed by atoms with Crippen molar-refractivity contribution >= 4 is 11.5 Å². The summed E-state index contributed by atoms with van der Waals surface area (Å²) in [6, 6.07) is 7.34. The van der Waals surface area contributed by atoms with Crippen LogP contribution in [0.1, 0.15) is 12.8 Å². The summed E-state index contributed by atoms with van der Waals surface area (Å²) in [4.78, 5) is 17.7. The van der Waals surface area contributed by atoms with Gasteiger partial charge in [-0.2, -0.15) is 4.98 Å². The van der Waals surface area contributed by atoms with Crippen molar-refractivity contribution < 1.29 is 0 Å². The lowest BCUT2D eigenvalue weighted by Gasteiger charge is -2.19. The van der Waals surface area contributed by atoms with Gasteiger partial charge in [0.1, 0.15) is 11.5 Å². The summed E-state index contributed by atoms with van der Waals surface area (Å²) >= 11 is 0. The second-order valence-electron chi connectivity index (χ2n) is 4.08. The van der Waals surface area contributed by atoms with Crippen molar-refractivity contribution in [3.63, 3.8) is 0 Å². The summed E-state index contributed by atoms with van der Waals surface area (Å²) in [6.45, 7) is 2.06. The molecule has 1 aliphatic heterocycles. The second-order valence-corrected chi connectivity index (χ2v) is 4.08. The number of hydrogen-bond donors (Lipinski definition) is 0. The lowest BCUT2D eigenvalue weighted by Crippen LogP contribution is -2.23. The molecular weight excluding hydrogens is 202 g/mol. The zero-order valence-corrected chi connectivity index (χ0v) is 8.97. The van der Waals surface area contributed by atoms with Gasteiger partial charge in [0.15, 0.2) is 0 Å². The molecule has 16 heavy (non-hydrogen) atoms. The Morgan fingerprint density at radius 2 is 2.00 bits per heavy atom. The van der Waals surface area contributed by atoms with Gasteiger partial charge in [0.05, 0.1) is 0 Å². The van der Waals surface area contributed by atoms with E-state index in [1.165, 1.54) is 12.8 Å². The number of rotatable bonds is 1. The normalized spacial score (nSPS) is 15.9. The maximum absolute atomic E-state index is 11.5. The standard InChI is InChI=1S/C12H13N3O/c16-11-9-12(14-6-3-4-7-14)15-8-2-1-5-10(15)13-11/h1-2,5,8-9H,3-4,6-7H2. The Morgan fingerprint density at radius 3 is 2.81 bits per heavy atom. The maximum atomic E-state index is 11.5. The van der Waals surface area contributed by atoms with Crippen LogP contribution in [0.3, 0.4) is 0 Å². The van der Waals surface area contributed by atoms with E-state index in [-0.39, 0.29) is 5.56 Å². The first-order valence-corrected chi connectivity index (χ1v) is 5.58. The van der Waals surface area contributed by atoms with Crippen LogP contribution in [-0.4, -0.2) is 22.5 Å². The third-order valence-electron chi connectivity index (χ3n) is 2.99. The minimum atomic E-state index is -0.159. The minimum Gasteiger partial charge on any atom is -0.358 e. The predicted molar refractivity (Wildman–Crippen MR) is 62.9 cm³/mol. The zero-order valence-electron chi connectivity index (χ0n) is 8.97. The molecule has 4 heteroatoms. The Balaban J connectivity index is 2.25.